The molecule has 0 aliphatic carbocycles. The fourth-order valence-electron chi connectivity index (χ4n) is 2.96. The Balaban J connectivity index is 0.00000208. The van der Waals surface area contributed by atoms with E-state index in [1.165, 1.54) is 0 Å². The predicted molar refractivity (Wildman–Crippen MR) is 96.2 cm³/mol. The average Bonchev–Trinajstić information content (AvgIpc) is 2.61. The summed E-state index contributed by atoms with van der Waals surface area (Å²) in [6.07, 6.45) is 0. The fraction of sp³-hybridized carbons (Fsp3) is 0.278. The van der Waals surface area contributed by atoms with Crippen LogP contribution in [0.3, 0.4) is 0 Å². The van der Waals surface area contributed by atoms with E-state index in [-0.39, 0.29) is 18.4 Å². The molecule has 0 spiro atoms. The molecule has 5 nitrogen and oxygen atoms in total. The van der Waals surface area contributed by atoms with Gasteiger partial charge in [-0.2, -0.15) is 0 Å². The van der Waals surface area contributed by atoms with Crippen LogP contribution in [0.5, 0.6) is 17.2 Å². The van der Waals surface area contributed by atoms with Gasteiger partial charge >= 0.3 is 0 Å². The molecule has 0 radical (unpaired) electrons. The zero-order valence-electron chi connectivity index (χ0n) is 13.9. The Morgan fingerprint density at radius 1 is 0.958 bits per heavy atom. The molecule has 0 fully saturated rings. The highest BCUT2D eigenvalue weighted by molar-refractivity contribution is 6.05. The van der Waals surface area contributed by atoms with Crippen LogP contribution in [0, 0.1) is 5.41 Å². The van der Waals surface area contributed by atoms with Crippen LogP contribution in [-0.2, 0) is 6.54 Å². The molecule has 0 bridgehead atoms. The summed E-state index contributed by atoms with van der Waals surface area (Å²) < 4.78 is 16.0. The van der Waals surface area contributed by atoms with Gasteiger partial charge in [-0.1, -0.05) is 12.1 Å². The number of hydrogen-bond donors (Lipinski definition) is 2. The van der Waals surface area contributed by atoms with Gasteiger partial charge in [-0.15, -0.1) is 12.4 Å². The van der Waals surface area contributed by atoms with Crippen LogP contribution in [0.15, 0.2) is 36.4 Å². The molecule has 1 aliphatic rings. The molecule has 24 heavy (non-hydrogen) atoms. The summed E-state index contributed by atoms with van der Waals surface area (Å²) >= 11 is 0. The van der Waals surface area contributed by atoms with Gasteiger partial charge in [0.15, 0.2) is 11.5 Å². The molecule has 6 heteroatoms. The van der Waals surface area contributed by atoms with E-state index in [1.54, 1.807) is 21.3 Å². The van der Waals surface area contributed by atoms with Crippen molar-refractivity contribution in [3.63, 3.8) is 0 Å². The van der Waals surface area contributed by atoms with Crippen molar-refractivity contribution < 1.29 is 14.2 Å². The van der Waals surface area contributed by atoms with Crippen LogP contribution in [0.2, 0.25) is 0 Å². The van der Waals surface area contributed by atoms with E-state index < -0.39 is 0 Å². The Bertz CT molecular complexity index is 732. The number of halogens is 1. The molecule has 2 aromatic carbocycles. The van der Waals surface area contributed by atoms with Crippen molar-refractivity contribution in [3.05, 3.63) is 53.1 Å². The van der Waals surface area contributed by atoms with Crippen molar-refractivity contribution in [2.75, 3.05) is 21.3 Å². The second-order valence-corrected chi connectivity index (χ2v) is 5.33. The second-order valence-electron chi connectivity index (χ2n) is 5.33. The molecule has 1 aliphatic heterocycles. The van der Waals surface area contributed by atoms with Crippen molar-refractivity contribution >= 4 is 18.1 Å². The van der Waals surface area contributed by atoms with Crippen molar-refractivity contribution in [2.24, 2.45) is 0 Å². The first-order chi connectivity index (χ1) is 11.2. The molecule has 1 atom stereocenters. The van der Waals surface area contributed by atoms with Crippen LogP contribution < -0.4 is 19.5 Å². The minimum absolute atomic E-state index is 0. The zero-order valence-corrected chi connectivity index (χ0v) is 14.7. The molecular formula is C18H21ClN2O3. The van der Waals surface area contributed by atoms with Crippen LogP contribution in [0.1, 0.15) is 22.7 Å². The molecule has 128 valence electrons. The first-order valence-corrected chi connectivity index (χ1v) is 7.39. The highest BCUT2D eigenvalue weighted by atomic mass is 35.5. The molecule has 0 saturated heterocycles. The summed E-state index contributed by atoms with van der Waals surface area (Å²) in [6, 6.07) is 11.4. The first kappa shape index (κ1) is 18.1. The van der Waals surface area contributed by atoms with Crippen molar-refractivity contribution in [1.29, 1.82) is 5.41 Å². The van der Waals surface area contributed by atoms with Gasteiger partial charge in [-0.3, -0.25) is 0 Å². The molecule has 0 amide bonds. The summed E-state index contributed by atoms with van der Waals surface area (Å²) in [7, 11) is 4.88. The summed E-state index contributed by atoms with van der Waals surface area (Å²) in [4.78, 5) is 0. The van der Waals surface area contributed by atoms with Crippen LogP contribution >= 0.6 is 12.4 Å². The maximum Gasteiger partial charge on any atom is 0.165 e. The summed E-state index contributed by atoms with van der Waals surface area (Å²) in [5.74, 6) is 2.18. The molecule has 0 saturated carbocycles. The quantitative estimate of drug-likeness (QED) is 0.889. The molecule has 3 rings (SSSR count). The molecule has 0 aromatic heterocycles. The monoisotopic (exact) mass is 348 g/mol. The van der Waals surface area contributed by atoms with Gasteiger partial charge in [0.25, 0.3) is 0 Å². The maximum absolute atomic E-state index is 8.57. The smallest absolute Gasteiger partial charge is 0.165 e. The minimum atomic E-state index is -0.147. The Morgan fingerprint density at radius 3 is 2.25 bits per heavy atom. The molecule has 2 aromatic rings. The van der Waals surface area contributed by atoms with E-state index in [9.17, 15) is 0 Å². The van der Waals surface area contributed by atoms with Crippen LogP contribution in [-0.4, -0.2) is 27.0 Å². The molecular weight excluding hydrogens is 328 g/mol. The third-order valence-corrected chi connectivity index (χ3v) is 4.16. The molecule has 2 N–H and O–H groups in total. The van der Waals surface area contributed by atoms with Gasteiger partial charge in [-0.05, 0) is 29.8 Å². The van der Waals surface area contributed by atoms with E-state index in [1.807, 2.05) is 36.4 Å². The van der Waals surface area contributed by atoms with Gasteiger partial charge in [0.05, 0.1) is 33.1 Å². The van der Waals surface area contributed by atoms with Gasteiger partial charge in [-0.25, -0.2) is 0 Å². The normalized spacial score (nSPS) is 16.0. The lowest BCUT2D eigenvalue weighted by molar-refractivity contribution is 0.349. The summed E-state index contributed by atoms with van der Waals surface area (Å²) in [5, 5.41) is 12.0. The molecule has 1 heterocycles. The maximum atomic E-state index is 8.57. The summed E-state index contributed by atoms with van der Waals surface area (Å²) in [5.41, 5.74) is 3.41. The first-order valence-electron chi connectivity index (χ1n) is 7.39. The third kappa shape index (κ3) is 3.05. The van der Waals surface area contributed by atoms with Gasteiger partial charge in [0.1, 0.15) is 5.75 Å². The highest BCUT2D eigenvalue weighted by Crippen LogP contribution is 2.37. The highest BCUT2D eigenvalue weighted by Gasteiger charge is 2.28. The van der Waals surface area contributed by atoms with Gasteiger partial charge < -0.3 is 24.9 Å². The number of hydrogen-bond acceptors (Lipinski definition) is 5. The third-order valence-electron chi connectivity index (χ3n) is 4.16. The number of benzene rings is 2. The zero-order chi connectivity index (χ0) is 16.4. The Kier molecular flexibility index (Phi) is 5.70. The van der Waals surface area contributed by atoms with Crippen molar-refractivity contribution in [1.82, 2.24) is 5.32 Å². The number of rotatable bonds is 4. The van der Waals surface area contributed by atoms with E-state index >= 15 is 0 Å². The summed E-state index contributed by atoms with van der Waals surface area (Å²) in [6.45, 7) is 0.620. The van der Waals surface area contributed by atoms with Gasteiger partial charge in [0.2, 0.25) is 0 Å². The minimum Gasteiger partial charge on any atom is -0.497 e. The van der Waals surface area contributed by atoms with Crippen molar-refractivity contribution in [3.8, 4) is 17.2 Å². The molecule has 1 unspecified atom stereocenters. The van der Waals surface area contributed by atoms with E-state index in [0.29, 0.717) is 23.8 Å². The number of nitrogens with one attached hydrogen (secondary N) is 2. The predicted octanol–water partition coefficient (Wildman–Crippen LogP) is 3.35. The SMILES string of the molecule is COc1ccc(C2NCc3c(ccc(OC)c3OC)C2=N)cc1.Cl. The lowest BCUT2D eigenvalue weighted by Crippen LogP contribution is -2.34. The second kappa shape index (κ2) is 7.55. The fourth-order valence-corrected chi connectivity index (χ4v) is 2.96. The largest absolute Gasteiger partial charge is 0.497 e. The number of fused-ring (bicyclic) bond motifs is 1. The van der Waals surface area contributed by atoms with Crippen LogP contribution in [0.4, 0.5) is 0 Å². The van der Waals surface area contributed by atoms with Crippen molar-refractivity contribution in [2.45, 2.75) is 12.6 Å². The van der Waals surface area contributed by atoms with E-state index in [0.717, 1.165) is 22.4 Å². The van der Waals surface area contributed by atoms with Gasteiger partial charge in [0, 0.05) is 17.7 Å². The Morgan fingerprint density at radius 2 is 1.67 bits per heavy atom. The standard InChI is InChI=1S/C18H20N2O3.ClH/c1-21-12-6-4-11(5-7-12)17-16(19)13-8-9-15(22-2)18(23-3)14(13)10-20-17;/h4-9,17,19-20H,10H2,1-3H3;1H. The number of ether oxygens (including phenoxy) is 3. The van der Waals surface area contributed by atoms with Crippen LogP contribution in [0.25, 0.3) is 0 Å². The average molecular weight is 349 g/mol. The lowest BCUT2D eigenvalue weighted by Gasteiger charge is -2.29. The van der Waals surface area contributed by atoms with E-state index in [2.05, 4.69) is 5.32 Å². The number of methoxy groups -OCH3 is 3. The van der Waals surface area contributed by atoms with E-state index in [4.69, 9.17) is 19.6 Å². The topological polar surface area (TPSA) is 63.6 Å². The lowest BCUT2D eigenvalue weighted by atomic mass is 9.89. The Labute approximate surface area is 147 Å². The Hall–Kier alpha value is -2.24.